The van der Waals surface area contributed by atoms with Crippen LogP contribution in [-0.4, -0.2) is 43.3 Å². The molecule has 0 saturated heterocycles. The van der Waals surface area contributed by atoms with Crippen LogP contribution in [0.3, 0.4) is 0 Å². The number of hydrogen-bond acceptors (Lipinski definition) is 6. The first-order chi connectivity index (χ1) is 8.76. The maximum Gasteiger partial charge on any atom is 0.140 e. The first-order valence-electron chi connectivity index (χ1n) is 5.91. The normalized spacial score (nSPS) is 11.1. The molecule has 0 aliphatic carbocycles. The molecular formula is C12H18N4OS. The van der Waals surface area contributed by atoms with Crippen LogP contribution in [0.15, 0.2) is 12.4 Å². The molecule has 0 amide bonds. The number of thiophene rings is 1. The van der Waals surface area contributed by atoms with E-state index >= 15 is 0 Å². The molecule has 98 valence electrons. The Balaban J connectivity index is 2.36. The fourth-order valence-electron chi connectivity index (χ4n) is 1.90. The molecular weight excluding hydrogens is 248 g/mol. The summed E-state index contributed by atoms with van der Waals surface area (Å²) >= 11 is 1.69. The average molecular weight is 266 g/mol. The molecule has 0 bridgehead atoms. The third-order valence-electron chi connectivity index (χ3n) is 2.70. The van der Waals surface area contributed by atoms with Gasteiger partial charge in [-0.3, -0.25) is 0 Å². The van der Waals surface area contributed by atoms with Gasteiger partial charge in [0.2, 0.25) is 0 Å². The zero-order valence-corrected chi connectivity index (χ0v) is 11.5. The lowest BCUT2D eigenvalue weighted by atomic mass is 10.3. The van der Waals surface area contributed by atoms with E-state index in [1.807, 2.05) is 0 Å². The van der Waals surface area contributed by atoms with Crippen molar-refractivity contribution in [1.29, 1.82) is 0 Å². The number of anilines is 1. The molecule has 0 aliphatic heterocycles. The summed E-state index contributed by atoms with van der Waals surface area (Å²) in [5.41, 5.74) is 5.66. The van der Waals surface area contributed by atoms with Crippen LogP contribution in [0.1, 0.15) is 4.88 Å². The minimum absolute atomic E-state index is 0.596. The minimum atomic E-state index is 0.596. The highest BCUT2D eigenvalue weighted by Crippen LogP contribution is 2.29. The number of nitrogens with two attached hydrogens (primary N) is 1. The molecule has 0 aromatic carbocycles. The lowest BCUT2D eigenvalue weighted by molar-refractivity contribution is 0.205. The lowest BCUT2D eigenvalue weighted by Crippen LogP contribution is -2.33. The predicted molar refractivity (Wildman–Crippen MR) is 75.3 cm³/mol. The van der Waals surface area contributed by atoms with E-state index in [9.17, 15) is 0 Å². The van der Waals surface area contributed by atoms with Crippen LogP contribution in [0.5, 0.6) is 0 Å². The van der Waals surface area contributed by atoms with Gasteiger partial charge in [-0.25, -0.2) is 9.97 Å². The summed E-state index contributed by atoms with van der Waals surface area (Å²) in [6, 6.07) is 2.13. The van der Waals surface area contributed by atoms with Gasteiger partial charge in [-0.2, -0.15) is 0 Å². The topological polar surface area (TPSA) is 64.3 Å². The highest BCUT2D eigenvalue weighted by atomic mass is 32.1. The number of nitrogens with zero attached hydrogens (tertiary/aromatic N) is 3. The van der Waals surface area contributed by atoms with E-state index in [-0.39, 0.29) is 0 Å². The van der Waals surface area contributed by atoms with Crippen molar-refractivity contribution in [3.63, 3.8) is 0 Å². The maximum atomic E-state index is 5.66. The average Bonchev–Trinajstić information content (AvgIpc) is 2.74. The molecule has 0 atom stereocenters. The lowest BCUT2D eigenvalue weighted by Gasteiger charge is -2.23. The summed E-state index contributed by atoms with van der Waals surface area (Å²) in [5.74, 6) is 0.951. The summed E-state index contributed by atoms with van der Waals surface area (Å²) in [6.45, 7) is 4.89. The maximum absolute atomic E-state index is 5.66. The second kappa shape index (κ2) is 6.08. The van der Waals surface area contributed by atoms with Gasteiger partial charge in [-0.05, 0) is 13.0 Å². The van der Waals surface area contributed by atoms with Crippen molar-refractivity contribution in [2.75, 3.05) is 38.3 Å². The van der Waals surface area contributed by atoms with E-state index in [0.29, 0.717) is 13.2 Å². The molecule has 5 nitrogen and oxygen atoms in total. The van der Waals surface area contributed by atoms with Crippen LogP contribution in [0.4, 0.5) is 5.82 Å². The summed E-state index contributed by atoms with van der Waals surface area (Å²) in [7, 11) is 1.70. The van der Waals surface area contributed by atoms with E-state index in [4.69, 9.17) is 10.5 Å². The summed E-state index contributed by atoms with van der Waals surface area (Å²) < 4.78 is 5.13. The van der Waals surface area contributed by atoms with Crippen molar-refractivity contribution in [2.24, 2.45) is 5.73 Å². The summed E-state index contributed by atoms with van der Waals surface area (Å²) in [5, 5.41) is 1.10. The molecule has 2 heterocycles. The third-order valence-corrected chi connectivity index (χ3v) is 3.65. The molecule has 0 spiro atoms. The molecule has 18 heavy (non-hydrogen) atoms. The molecule has 6 heteroatoms. The largest absolute Gasteiger partial charge is 0.383 e. The van der Waals surface area contributed by atoms with Crippen molar-refractivity contribution in [3.8, 4) is 0 Å². The Morgan fingerprint density at radius 3 is 2.94 bits per heavy atom. The monoisotopic (exact) mass is 266 g/mol. The van der Waals surface area contributed by atoms with Crippen molar-refractivity contribution in [1.82, 2.24) is 9.97 Å². The van der Waals surface area contributed by atoms with Crippen LogP contribution >= 0.6 is 11.3 Å². The van der Waals surface area contributed by atoms with Crippen molar-refractivity contribution in [3.05, 3.63) is 17.3 Å². The Hall–Kier alpha value is -1.24. The molecule has 2 N–H and O–H groups in total. The van der Waals surface area contributed by atoms with Crippen molar-refractivity contribution < 1.29 is 4.74 Å². The van der Waals surface area contributed by atoms with E-state index in [1.165, 1.54) is 4.88 Å². The first kappa shape index (κ1) is 13.2. The predicted octanol–water partition coefficient (Wildman–Crippen LogP) is 1.41. The van der Waals surface area contributed by atoms with Gasteiger partial charge in [0.05, 0.1) is 12.0 Å². The number of ether oxygens (including phenoxy) is 1. The molecule has 0 radical (unpaired) electrons. The van der Waals surface area contributed by atoms with E-state index in [0.717, 1.165) is 29.1 Å². The Morgan fingerprint density at radius 1 is 1.39 bits per heavy atom. The van der Waals surface area contributed by atoms with Crippen LogP contribution < -0.4 is 10.6 Å². The third kappa shape index (κ3) is 2.77. The molecule has 2 aromatic heterocycles. The minimum Gasteiger partial charge on any atom is -0.383 e. The number of aryl methyl sites for hydroxylation is 1. The summed E-state index contributed by atoms with van der Waals surface area (Å²) in [4.78, 5) is 13.1. The number of fused-ring (bicyclic) bond motifs is 1. The Labute approximate surface area is 111 Å². The number of hydrogen-bond donors (Lipinski definition) is 1. The van der Waals surface area contributed by atoms with E-state index in [1.54, 1.807) is 24.8 Å². The zero-order chi connectivity index (χ0) is 13.0. The smallest absolute Gasteiger partial charge is 0.140 e. The van der Waals surface area contributed by atoms with Crippen LogP contribution in [-0.2, 0) is 4.74 Å². The zero-order valence-electron chi connectivity index (χ0n) is 10.7. The molecule has 2 rings (SSSR count). The van der Waals surface area contributed by atoms with Gasteiger partial charge in [0.1, 0.15) is 17.0 Å². The van der Waals surface area contributed by atoms with Crippen LogP contribution in [0.2, 0.25) is 0 Å². The quantitative estimate of drug-likeness (QED) is 0.856. The van der Waals surface area contributed by atoms with Crippen molar-refractivity contribution >= 4 is 27.4 Å². The standard InChI is InChI=1S/C12H18N4OS/c1-9-7-10-11(14-8-15-12(10)18-9)16(4-3-13)5-6-17-2/h7-8H,3-6,13H2,1-2H3. The molecule has 0 fully saturated rings. The number of methoxy groups -OCH3 is 1. The van der Waals surface area contributed by atoms with Gasteiger partial charge in [0.15, 0.2) is 0 Å². The van der Waals surface area contributed by atoms with Crippen molar-refractivity contribution in [2.45, 2.75) is 6.92 Å². The summed E-state index contributed by atoms with van der Waals surface area (Å²) in [6.07, 6.45) is 1.62. The van der Waals surface area contributed by atoms with Crippen LogP contribution in [0, 0.1) is 6.92 Å². The Bertz CT molecular complexity index is 514. The van der Waals surface area contributed by atoms with Gasteiger partial charge < -0.3 is 15.4 Å². The second-order valence-corrected chi connectivity index (χ2v) is 5.28. The van der Waals surface area contributed by atoms with E-state index < -0.39 is 0 Å². The van der Waals surface area contributed by atoms with Crippen LogP contribution in [0.25, 0.3) is 10.2 Å². The van der Waals surface area contributed by atoms with Gasteiger partial charge in [0, 0.05) is 31.6 Å². The fraction of sp³-hybridized carbons (Fsp3) is 0.500. The highest BCUT2D eigenvalue weighted by Gasteiger charge is 2.13. The van der Waals surface area contributed by atoms with Gasteiger partial charge in [0.25, 0.3) is 0 Å². The van der Waals surface area contributed by atoms with E-state index in [2.05, 4.69) is 27.9 Å². The van der Waals surface area contributed by atoms with Gasteiger partial charge in [-0.1, -0.05) is 0 Å². The second-order valence-electron chi connectivity index (χ2n) is 4.04. The SMILES string of the molecule is COCCN(CCN)c1ncnc2sc(C)cc12. The molecule has 2 aromatic rings. The Kier molecular flexibility index (Phi) is 4.46. The molecule has 0 unspecified atom stereocenters. The molecule has 0 aliphatic rings. The molecule has 0 saturated carbocycles. The number of aromatic nitrogens is 2. The Morgan fingerprint density at radius 2 is 2.22 bits per heavy atom. The van der Waals surface area contributed by atoms with Gasteiger partial charge >= 0.3 is 0 Å². The van der Waals surface area contributed by atoms with Gasteiger partial charge in [-0.15, -0.1) is 11.3 Å². The fourth-order valence-corrected chi connectivity index (χ4v) is 2.74. The highest BCUT2D eigenvalue weighted by molar-refractivity contribution is 7.18. The first-order valence-corrected chi connectivity index (χ1v) is 6.73. The number of rotatable bonds is 6.